The monoisotopic (exact) mass is 384 g/mol. The molecule has 1 atom stereocenters. The summed E-state index contributed by atoms with van der Waals surface area (Å²) in [6, 6.07) is 2.84. The standard InChI is InChI=1S/C18H23F2N3O2S/c1-11-15(17(24)25-4)16(12-6-7-13(19)14(20)10-12)21-18(26)23(11)9-5-8-22(2)3/h6-7,10,16H,5,8-9H2,1-4H3,(H,21,26)/p+1/t16-/m1/s1. The summed E-state index contributed by atoms with van der Waals surface area (Å²) in [6.07, 6.45) is 0.881. The summed E-state index contributed by atoms with van der Waals surface area (Å²) in [6.45, 7) is 3.38. The van der Waals surface area contributed by atoms with Crippen LogP contribution in [0, 0.1) is 11.6 Å². The van der Waals surface area contributed by atoms with Crippen molar-refractivity contribution in [3.05, 3.63) is 46.7 Å². The van der Waals surface area contributed by atoms with Crippen LogP contribution < -0.4 is 10.2 Å². The van der Waals surface area contributed by atoms with Crippen LogP contribution in [0.15, 0.2) is 29.5 Å². The quantitative estimate of drug-likeness (QED) is 0.570. The maximum atomic E-state index is 13.7. The number of halogens is 2. The Morgan fingerprint density at radius 3 is 2.62 bits per heavy atom. The summed E-state index contributed by atoms with van der Waals surface area (Å²) in [5.74, 6) is -2.45. The summed E-state index contributed by atoms with van der Waals surface area (Å²) in [5, 5.41) is 3.51. The average Bonchev–Trinajstić information content (AvgIpc) is 2.58. The molecule has 2 N–H and O–H groups in total. The SMILES string of the molecule is COC(=O)C1=C(C)N(CCC[NH+](C)C)C(=S)N[C@@H]1c1ccc(F)c(F)c1. The molecule has 1 heterocycles. The second-order valence-electron chi connectivity index (χ2n) is 6.51. The smallest absolute Gasteiger partial charge is 0.337 e. The first-order valence-corrected chi connectivity index (χ1v) is 8.78. The van der Waals surface area contributed by atoms with Crippen molar-refractivity contribution in [1.82, 2.24) is 10.2 Å². The third-order valence-corrected chi connectivity index (χ3v) is 4.68. The number of hydrogen-bond acceptors (Lipinski definition) is 3. The number of benzene rings is 1. The van der Waals surface area contributed by atoms with Crippen LogP contribution in [0.25, 0.3) is 0 Å². The fraction of sp³-hybridized carbons (Fsp3) is 0.444. The van der Waals surface area contributed by atoms with E-state index in [-0.39, 0.29) is 0 Å². The van der Waals surface area contributed by atoms with Gasteiger partial charge in [0.15, 0.2) is 16.7 Å². The van der Waals surface area contributed by atoms with Crippen LogP contribution in [-0.2, 0) is 9.53 Å². The Hall–Kier alpha value is -2.06. The molecule has 0 spiro atoms. The predicted octanol–water partition coefficient (Wildman–Crippen LogP) is 1.18. The van der Waals surface area contributed by atoms with Crippen molar-refractivity contribution >= 4 is 23.3 Å². The number of quaternary nitrogens is 1. The number of ether oxygens (including phenoxy) is 1. The van der Waals surface area contributed by atoms with E-state index in [0.29, 0.717) is 28.5 Å². The molecule has 0 aliphatic carbocycles. The molecule has 2 rings (SSSR count). The van der Waals surface area contributed by atoms with Gasteiger partial charge in [0.1, 0.15) is 0 Å². The molecular formula is C18H24F2N3O2S+. The number of nitrogens with one attached hydrogen (secondary N) is 2. The van der Waals surface area contributed by atoms with Crippen molar-refractivity contribution in [2.45, 2.75) is 19.4 Å². The number of esters is 1. The van der Waals surface area contributed by atoms with E-state index in [2.05, 4.69) is 19.4 Å². The maximum absolute atomic E-state index is 13.7. The van der Waals surface area contributed by atoms with Gasteiger partial charge in [0, 0.05) is 18.7 Å². The second kappa shape index (κ2) is 8.55. The molecule has 0 amide bonds. The van der Waals surface area contributed by atoms with E-state index in [4.69, 9.17) is 17.0 Å². The van der Waals surface area contributed by atoms with Crippen LogP contribution in [0.1, 0.15) is 24.9 Å². The van der Waals surface area contributed by atoms with Crippen LogP contribution in [0.2, 0.25) is 0 Å². The Morgan fingerprint density at radius 1 is 1.35 bits per heavy atom. The van der Waals surface area contributed by atoms with E-state index in [1.807, 2.05) is 4.90 Å². The van der Waals surface area contributed by atoms with Gasteiger partial charge in [-0.05, 0) is 36.8 Å². The van der Waals surface area contributed by atoms with Crippen LogP contribution in [-0.4, -0.2) is 50.3 Å². The van der Waals surface area contributed by atoms with Gasteiger partial charge in [0.05, 0.1) is 39.4 Å². The highest BCUT2D eigenvalue weighted by Gasteiger charge is 2.34. The van der Waals surface area contributed by atoms with Crippen molar-refractivity contribution < 1.29 is 23.2 Å². The van der Waals surface area contributed by atoms with E-state index in [0.717, 1.165) is 25.1 Å². The predicted molar refractivity (Wildman–Crippen MR) is 98.5 cm³/mol. The first kappa shape index (κ1) is 20.3. The van der Waals surface area contributed by atoms with E-state index >= 15 is 0 Å². The van der Waals surface area contributed by atoms with Gasteiger partial charge in [-0.25, -0.2) is 13.6 Å². The van der Waals surface area contributed by atoms with Gasteiger partial charge in [-0.15, -0.1) is 0 Å². The fourth-order valence-corrected chi connectivity index (χ4v) is 3.30. The van der Waals surface area contributed by atoms with Crippen LogP contribution in [0.5, 0.6) is 0 Å². The highest BCUT2D eigenvalue weighted by molar-refractivity contribution is 7.80. The van der Waals surface area contributed by atoms with Gasteiger partial charge < -0.3 is 19.9 Å². The lowest BCUT2D eigenvalue weighted by molar-refractivity contribution is -0.858. The van der Waals surface area contributed by atoms with Crippen molar-refractivity contribution in [3.8, 4) is 0 Å². The topological polar surface area (TPSA) is 46.0 Å². The molecule has 0 bridgehead atoms. The Labute approximate surface area is 157 Å². The van der Waals surface area contributed by atoms with Crippen molar-refractivity contribution in [1.29, 1.82) is 0 Å². The van der Waals surface area contributed by atoms with Crippen LogP contribution in [0.3, 0.4) is 0 Å². The van der Waals surface area contributed by atoms with Crippen molar-refractivity contribution in [3.63, 3.8) is 0 Å². The Kier molecular flexibility index (Phi) is 6.66. The molecule has 142 valence electrons. The molecule has 0 aromatic heterocycles. The number of thiocarbonyl (C=S) groups is 1. The Morgan fingerprint density at radius 2 is 2.04 bits per heavy atom. The molecular weight excluding hydrogens is 360 g/mol. The molecule has 26 heavy (non-hydrogen) atoms. The summed E-state index contributed by atoms with van der Waals surface area (Å²) in [7, 11) is 5.42. The minimum absolute atomic E-state index is 0.337. The van der Waals surface area contributed by atoms with Gasteiger partial charge in [-0.2, -0.15) is 0 Å². The zero-order valence-electron chi connectivity index (χ0n) is 15.4. The zero-order chi connectivity index (χ0) is 19.4. The average molecular weight is 384 g/mol. The number of carbonyl (C=O) groups is 1. The molecule has 1 aliphatic rings. The normalized spacial score (nSPS) is 17.6. The maximum Gasteiger partial charge on any atom is 0.337 e. The summed E-state index contributed by atoms with van der Waals surface area (Å²) >= 11 is 5.45. The number of hydrogen-bond donors (Lipinski definition) is 2. The molecule has 5 nitrogen and oxygen atoms in total. The molecule has 0 unspecified atom stereocenters. The third kappa shape index (κ3) is 4.37. The first-order chi connectivity index (χ1) is 12.3. The van der Waals surface area contributed by atoms with E-state index < -0.39 is 23.6 Å². The Balaban J connectivity index is 2.40. The van der Waals surface area contributed by atoms with Gasteiger partial charge in [0.25, 0.3) is 0 Å². The highest BCUT2D eigenvalue weighted by Crippen LogP contribution is 2.32. The lowest BCUT2D eigenvalue weighted by atomic mass is 9.94. The minimum Gasteiger partial charge on any atom is -0.466 e. The molecule has 0 radical (unpaired) electrons. The van der Waals surface area contributed by atoms with Gasteiger partial charge in [-0.1, -0.05) is 6.07 Å². The van der Waals surface area contributed by atoms with Gasteiger partial charge in [-0.3, -0.25) is 0 Å². The second-order valence-corrected chi connectivity index (χ2v) is 6.90. The molecule has 0 saturated carbocycles. The number of rotatable bonds is 6. The number of allylic oxidation sites excluding steroid dienone is 1. The third-order valence-electron chi connectivity index (χ3n) is 4.34. The van der Waals surface area contributed by atoms with Crippen molar-refractivity contribution in [2.24, 2.45) is 0 Å². The summed E-state index contributed by atoms with van der Waals surface area (Å²) in [4.78, 5) is 15.5. The van der Waals surface area contributed by atoms with E-state index in [9.17, 15) is 13.6 Å². The summed E-state index contributed by atoms with van der Waals surface area (Å²) in [5.41, 5.74) is 1.40. The highest BCUT2D eigenvalue weighted by atomic mass is 32.1. The zero-order valence-corrected chi connectivity index (χ0v) is 16.2. The molecule has 8 heteroatoms. The molecule has 1 aromatic carbocycles. The minimum atomic E-state index is -0.978. The molecule has 0 saturated heterocycles. The van der Waals surface area contributed by atoms with Crippen LogP contribution >= 0.6 is 12.2 Å². The lowest BCUT2D eigenvalue weighted by Crippen LogP contribution is -3.05. The number of methoxy groups -OCH3 is 1. The largest absolute Gasteiger partial charge is 0.466 e. The van der Waals surface area contributed by atoms with E-state index in [1.165, 1.54) is 18.1 Å². The van der Waals surface area contributed by atoms with Crippen molar-refractivity contribution in [2.75, 3.05) is 34.3 Å². The van der Waals surface area contributed by atoms with Gasteiger partial charge in [0.2, 0.25) is 0 Å². The molecule has 1 aromatic rings. The van der Waals surface area contributed by atoms with Crippen LogP contribution in [0.4, 0.5) is 8.78 Å². The molecule has 1 aliphatic heterocycles. The Bertz CT molecular complexity index is 737. The molecule has 0 fully saturated rings. The van der Waals surface area contributed by atoms with E-state index in [1.54, 1.807) is 6.92 Å². The summed E-state index contributed by atoms with van der Waals surface area (Å²) < 4.78 is 31.9. The lowest BCUT2D eigenvalue weighted by Gasteiger charge is -2.37. The number of carbonyl (C=O) groups excluding carboxylic acids is 1. The fourth-order valence-electron chi connectivity index (χ4n) is 2.96. The number of nitrogens with zero attached hydrogens (tertiary/aromatic N) is 1. The van der Waals surface area contributed by atoms with Gasteiger partial charge >= 0.3 is 5.97 Å². The first-order valence-electron chi connectivity index (χ1n) is 8.37.